The first-order valence-corrected chi connectivity index (χ1v) is 11.1. The number of carbonyl (C=O) groups is 1. The number of rotatable bonds is 6. The standard InChI is InChI=1S/C24H26BrN3O4/c1-6-31-22(30)15(2)32-18-9-7-8-16(12-18)14-26-28-21(29)19-13-17(25)10-11-20(19)27-23(28)24(3,4)5/h7-15H,6H2,1-5H3/t15-/m0/s1. The maximum Gasteiger partial charge on any atom is 0.347 e. The smallest absolute Gasteiger partial charge is 0.347 e. The van der Waals surface area contributed by atoms with Gasteiger partial charge in [-0.3, -0.25) is 4.79 Å². The Kier molecular flexibility index (Phi) is 7.13. The molecule has 1 aromatic heterocycles. The van der Waals surface area contributed by atoms with Crippen LogP contribution in [0.25, 0.3) is 10.9 Å². The SMILES string of the molecule is CCOC(=O)[C@H](C)Oc1cccc(C=Nn2c(C(C)(C)C)nc3ccc(Br)cc3c2=O)c1. The number of hydrogen-bond donors (Lipinski definition) is 0. The molecule has 0 saturated carbocycles. The largest absolute Gasteiger partial charge is 0.479 e. The van der Waals surface area contributed by atoms with Gasteiger partial charge < -0.3 is 9.47 Å². The van der Waals surface area contributed by atoms with Gasteiger partial charge in [-0.15, -0.1) is 0 Å². The lowest BCUT2D eigenvalue weighted by atomic mass is 9.95. The molecule has 1 heterocycles. The fraction of sp³-hybridized carbons (Fsp3) is 0.333. The molecule has 168 valence electrons. The maximum absolute atomic E-state index is 13.2. The number of ether oxygens (including phenoxy) is 2. The predicted molar refractivity (Wildman–Crippen MR) is 129 cm³/mol. The van der Waals surface area contributed by atoms with Gasteiger partial charge in [-0.25, -0.2) is 9.78 Å². The van der Waals surface area contributed by atoms with E-state index in [-0.39, 0.29) is 5.56 Å². The zero-order chi connectivity index (χ0) is 23.5. The lowest BCUT2D eigenvalue weighted by Gasteiger charge is -2.20. The van der Waals surface area contributed by atoms with E-state index in [0.717, 1.165) is 4.47 Å². The van der Waals surface area contributed by atoms with Crippen LogP contribution in [0.1, 0.15) is 46.0 Å². The minimum absolute atomic E-state index is 0.249. The molecule has 0 aliphatic rings. The molecule has 2 aromatic carbocycles. The van der Waals surface area contributed by atoms with Gasteiger partial charge in [0.2, 0.25) is 0 Å². The second kappa shape index (κ2) is 9.65. The van der Waals surface area contributed by atoms with Crippen LogP contribution in [0.4, 0.5) is 0 Å². The van der Waals surface area contributed by atoms with E-state index in [1.807, 2.05) is 39.0 Å². The Hall–Kier alpha value is -3.00. The number of fused-ring (bicyclic) bond motifs is 1. The monoisotopic (exact) mass is 499 g/mol. The van der Waals surface area contributed by atoms with E-state index in [0.29, 0.717) is 34.6 Å². The normalized spacial score (nSPS) is 12.8. The lowest BCUT2D eigenvalue weighted by molar-refractivity contribution is -0.150. The van der Waals surface area contributed by atoms with Gasteiger partial charge >= 0.3 is 5.97 Å². The van der Waals surface area contributed by atoms with Gasteiger partial charge in [-0.1, -0.05) is 48.8 Å². The van der Waals surface area contributed by atoms with Crippen molar-refractivity contribution in [2.45, 2.75) is 46.1 Å². The van der Waals surface area contributed by atoms with Crippen molar-refractivity contribution in [3.8, 4) is 5.75 Å². The van der Waals surface area contributed by atoms with Crippen molar-refractivity contribution < 1.29 is 14.3 Å². The molecule has 32 heavy (non-hydrogen) atoms. The molecule has 0 aliphatic carbocycles. The van der Waals surface area contributed by atoms with Gasteiger partial charge in [-0.05, 0) is 49.7 Å². The molecule has 0 saturated heterocycles. The molecule has 3 aromatic rings. The van der Waals surface area contributed by atoms with Crippen LogP contribution < -0.4 is 10.3 Å². The Balaban J connectivity index is 1.99. The van der Waals surface area contributed by atoms with Crippen LogP contribution in [-0.4, -0.2) is 34.6 Å². The van der Waals surface area contributed by atoms with Crippen molar-refractivity contribution in [3.63, 3.8) is 0 Å². The number of benzene rings is 2. The fourth-order valence-electron chi connectivity index (χ4n) is 3.05. The summed E-state index contributed by atoms with van der Waals surface area (Å²) in [4.78, 5) is 29.8. The first-order valence-electron chi connectivity index (χ1n) is 10.3. The summed E-state index contributed by atoms with van der Waals surface area (Å²) in [5.74, 6) is 0.622. The van der Waals surface area contributed by atoms with Gasteiger partial charge in [0, 0.05) is 9.89 Å². The van der Waals surface area contributed by atoms with E-state index in [2.05, 4.69) is 21.0 Å². The molecular formula is C24H26BrN3O4. The molecule has 7 nitrogen and oxygen atoms in total. The van der Waals surface area contributed by atoms with Crippen molar-refractivity contribution in [2.75, 3.05) is 6.61 Å². The summed E-state index contributed by atoms with van der Waals surface area (Å²) in [6.07, 6.45) is 0.838. The number of hydrogen-bond acceptors (Lipinski definition) is 6. The molecule has 0 unspecified atom stereocenters. The average molecular weight is 500 g/mol. The Labute approximate surface area is 195 Å². The van der Waals surface area contributed by atoms with Crippen LogP contribution in [0.3, 0.4) is 0 Å². The highest BCUT2D eigenvalue weighted by molar-refractivity contribution is 9.10. The third kappa shape index (κ3) is 5.43. The van der Waals surface area contributed by atoms with E-state index in [1.54, 1.807) is 44.3 Å². The third-order valence-corrected chi connectivity index (χ3v) is 5.08. The summed E-state index contributed by atoms with van der Waals surface area (Å²) in [5, 5.41) is 4.94. The van der Waals surface area contributed by atoms with Crippen LogP contribution in [0, 0.1) is 0 Å². The highest BCUT2D eigenvalue weighted by Crippen LogP contribution is 2.23. The summed E-state index contributed by atoms with van der Waals surface area (Å²) in [5.41, 5.74) is 0.677. The highest BCUT2D eigenvalue weighted by atomic mass is 79.9. The zero-order valence-corrected chi connectivity index (χ0v) is 20.3. The Bertz CT molecular complexity index is 1230. The first-order chi connectivity index (χ1) is 15.1. The van der Waals surface area contributed by atoms with E-state index in [1.165, 1.54) is 4.68 Å². The van der Waals surface area contributed by atoms with Gasteiger partial charge in [0.05, 0.1) is 23.7 Å². The third-order valence-electron chi connectivity index (χ3n) is 4.59. The number of nitrogens with zero attached hydrogens (tertiary/aromatic N) is 3. The zero-order valence-electron chi connectivity index (χ0n) is 18.8. The van der Waals surface area contributed by atoms with E-state index in [9.17, 15) is 9.59 Å². The number of esters is 1. The predicted octanol–water partition coefficient (Wildman–Crippen LogP) is 4.67. The number of halogens is 1. The second-order valence-corrected chi connectivity index (χ2v) is 9.21. The Morgan fingerprint density at radius 2 is 2.00 bits per heavy atom. The Morgan fingerprint density at radius 3 is 2.69 bits per heavy atom. The van der Waals surface area contributed by atoms with Crippen molar-refractivity contribution in [3.05, 3.63) is 68.7 Å². The molecule has 0 fully saturated rings. The summed E-state index contributed by atoms with van der Waals surface area (Å²) < 4.78 is 12.8. The van der Waals surface area contributed by atoms with E-state index >= 15 is 0 Å². The van der Waals surface area contributed by atoms with Crippen LogP contribution in [0.15, 0.2) is 56.8 Å². The summed E-state index contributed by atoms with van der Waals surface area (Å²) in [6.45, 7) is 9.62. The molecule has 0 spiro atoms. The number of carbonyl (C=O) groups excluding carboxylic acids is 1. The highest BCUT2D eigenvalue weighted by Gasteiger charge is 2.23. The van der Waals surface area contributed by atoms with Gasteiger partial charge in [0.25, 0.3) is 5.56 Å². The Morgan fingerprint density at radius 1 is 1.25 bits per heavy atom. The van der Waals surface area contributed by atoms with Gasteiger partial charge in [-0.2, -0.15) is 9.78 Å². The minimum Gasteiger partial charge on any atom is -0.479 e. The van der Waals surface area contributed by atoms with Crippen LogP contribution >= 0.6 is 15.9 Å². The number of aromatic nitrogens is 2. The lowest BCUT2D eigenvalue weighted by Crippen LogP contribution is -2.29. The first kappa shape index (κ1) is 23.7. The molecule has 8 heteroatoms. The molecule has 0 bridgehead atoms. The van der Waals surface area contributed by atoms with Crippen molar-refractivity contribution in [1.82, 2.24) is 9.66 Å². The molecule has 0 N–H and O–H groups in total. The molecule has 1 atom stereocenters. The quantitative estimate of drug-likeness (QED) is 0.363. The molecule has 3 rings (SSSR count). The van der Waals surface area contributed by atoms with Crippen LogP contribution in [-0.2, 0) is 14.9 Å². The van der Waals surface area contributed by atoms with Gasteiger partial charge in [0.15, 0.2) is 6.10 Å². The van der Waals surface area contributed by atoms with Crippen molar-refractivity contribution >= 4 is 39.0 Å². The maximum atomic E-state index is 13.2. The van der Waals surface area contributed by atoms with E-state index in [4.69, 9.17) is 14.5 Å². The molecule has 0 amide bonds. The fourth-order valence-corrected chi connectivity index (χ4v) is 3.41. The average Bonchev–Trinajstić information content (AvgIpc) is 2.73. The van der Waals surface area contributed by atoms with Crippen LogP contribution in [0.2, 0.25) is 0 Å². The topological polar surface area (TPSA) is 82.8 Å². The molecule has 0 aliphatic heterocycles. The molecule has 0 radical (unpaired) electrons. The van der Waals surface area contributed by atoms with Crippen molar-refractivity contribution in [1.29, 1.82) is 0 Å². The van der Waals surface area contributed by atoms with Crippen molar-refractivity contribution in [2.24, 2.45) is 5.10 Å². The molecular weight excluding hydrogens is 474 g/mol. The summed E-state index contributed by atoms with van der Waals surface area (Å²) in [6, 6.07) is 12.5. The van der Waals surface area contributed by atoms with Crippen LogP contribution in [0.5, 0.6) is 5.75 Å². The summed E-state index contributed by atoms with van der Waals surface area (Å²) >= 11 is 3.41. The second-order valence-electron chi connectivity index (χ2n) is 8.29. The minimum atomic E-state index is -0.736. The summed E-state index contributed by atoms with van der Waals surface area (Å²) in [7, 11) is 0. The van der Waals surface area contributed by atoms with E-state index < -0.39 is 17.5 Å². The van der Waals surface area contributed by atoms with Gasteiger partial charge in [0.1, 0.15) is 11.6 Å².